The molecule has 27 heavy (non-hydrogen) atoms. The summed E-state index contributed by atoms with van der Waals surface area (Å²) in [5, 5.41) is 2.91. The van der Waals surface area contributed by atoms with E-state index in [-0.39, 0.29) is 37.1 Å². The van der Waals surface area contributed by atoms with Crippen LogP contribution in [0.2, 0.25) is 0 Å². The van der Waals surface area contributed by atoms with Crippen molar-refractivity contribution in [2.24, 2.45) is 0 Å². The van der Waals surface area contributed by atoms with Crippen molar-refractivity contribution in [3.05, 3.63) is 29.8 Å². The molecule has 0 saturated carbocycles. The molecule has 2 rings (SSSR count). The highest BCUT2D eigenvalue weighted by atomic mass is 19.3. The minimum atomic E-state index is -2.32. The molecule has 0 atom stereocenters. The lowest BCUT2D eigenvalue weighted by Crippen LogP contribution is -2.45. The first-order valence-electron chi connectivity index (χ1n) is 9.54. The summed E-state index contributed by atoms with van der Waals surface area (Å²) in [7, 11) is 0. The molecule has 1 N–H and O–H groups in total. The van der Waals surface area contributed by atoms with Gasteiger partial charge in [0.1, 0.15) is 5.75 Å². The van der Waals surface area contributed by atoms with Gasteiger partial charge in [0.05, 0.1) is 13.2 Å². The third-order valence-electron chi connectivity index (χ3n) is 4.58. The Morgan fingerprint density at radius 2 is 1.85 bits per heavy atom. The number of nitrogens with one attached hydrogen (secondary N) is 1. The summed E-state index contributed by atoms with van der Waals surface area (Å²) >= 11 is 0. The van der Waals surface area contributed by atoms with E-state index in [0.29, 0.717) is 38.1 Å². The van der Waals surface area contributed by atoms with Gasteiger partial charge < -0.3 is 10.1 Å². The SMILES string of the molecule is CCCOc1ccc(C(=O)CCC(=O)NC2CCN(CC(F)F)CC2)cc1. The number of nitrogens with zero attached hydrogens (tertiary/aromatic N) is 1. The zero-order valence-electron chi connectivity index (χ0n) is 15.8. The molecule has 1 amide bonds. The number of halogens is 2. The molecule has 1 heterocycles. The van der Waals surface area contributed by atoms with Gasteiger partial charge in [-0.1, -0.05) is 6.92 Å². The first kappa shape index (κ1) is 21.3. The maximum Gasteiger partial charge on any atom is 0.251 e. The summed E-state index contributed by atoms with van der Waals surface area (Å²) in [6.07, 6.45) is 0.183. The number of rotatable bonds is 10. The number of carbonyl (C=O) groups is 2. The number of Topliss-reactive ketones (excluding diaryl/α,β-unsaturated/α-hetero) is 1. The Hall–Kier alpha value is -2.02. The lowest BCUT2D eigenvalue weighted by molar-refractivity contribution is -0.122. The average molecular weight is 382 g/mol. The van der Waals surface area contributed by atoms with Gasteiger partial charge in [0.15, 0.2) is 5.78 Å². The Morgan fingerprint density at radius 1 is 1.19 bits per heavy atom. The van der Waals surface area contributed by atoms with Crippen molar-refractivity contribution in [1.29, 1.82) is 0 Å². The van der Waals surface area contributed by atoms with Crippen LogP contribution in [-0.4, -0.2) is 55.3 Å². The van der Waals surface area contributed by atoms with E-state index in [9.17, 15) is 18.4 Å². The number of likely N-dealkylation sites (tertiary alicyclic amines) is 1. The van der Waals surface area contributed by atoms with E-state index in [2.05, 4.69) is 5.32 Å². The molecule has 1 aromatic carbocycles. The molecule has 0 bridgehead atoms. The van der Waals surface area contributed by atoms with Crippen LogP contribution in [0, 0.1) is 0 Å². The molecule has 1 aliphatic heterocycles. The second-order valence-corrected chi connectivity index (χ2v) is 6.83. The van der Waals surface area contributed by atoms with Crippen LogP contribution in [0.5, 0.6) is 5.75 Å². The van der Waals surface area contributed by atoms with Gasteiger partial charge in [-0.3, -0.25) is 14.5 Å². The Bertz CT molecular complexity index is 600. The Kier molecular flexibility index (Phi) is 8.64. The molecule has 0 aromatic heterocycles. The van der Waals surface area contributed by atoms with Gasteiger partial charge in [-0.05, 0) is 43.5 Å². The number of ketones is 1. The topological polar surface area (TPSA) is 58.6 Å². The van der Waals surface area contributed by atoms with Crippen LogP contribution >= 0.6 is 0 Å². The van der Waals surface area contributed by atoms with Crippen molar-refractivity contribution in [2.75, 3.05) is 26.2 Å². The van der Waals surface area contributed by atoms with E-state index in [1.54, 1.807) is 29.2 Å². The predicted molar refractivity (Wildman–Crippen MR) is 99.4 cm³/mol. The standard InChI is InChI=1S/C20H28F2N2O3/c1-2-13-27-17-5-3-15(4-6-17)18(25)7-8-20(26)23-16-9-11-24(12-10-16)14-19(21)22/h3-6,16,19H,2,7-14H2,1H3,(H,23,26). The highest BCUT2D eigenvalue weighted by Gasteiger charge is 2.22. The molecule has 1 saturated heterocycles. The first-order chi connectivity index (χ1) is 13.0. The van der Waals surface area contributed by atoms with Crippen molar-refractivity contribution in [1.82, 2.24) is 10.2 Å². The van der Waals surface area contributed by atoms with Gasteiger partial charge in [0.2, 0.25) is 5.91 Å². The van der Waals surface area contributed by atoms with Gasteiger partial charge in [0, 0.05) is 37.5 Å². The summed E-state index contributed by atoms with van der Waals surface area (Å²) in [5.74, 6) is 0.474. The summed E-state index contributed by atoms with van der Waals surface area (Å²) < 4.78 is 30.2. The van der Waals surface area contributed by atoms with Crippen molar-refractivity contribution < 1.29 is 23.1 Å². The van der Waals surface area contributed by atoms with Crippen LogP contribution in [0.15, 0.2) is 24.3 Å². The molecule has 0 spiro atoms. The molecule has 5 nitrogen and oxygen atoms in total. The molecular formula is C20H28F2N2O3. The summed E-state index contributed by atoms with van der Waals surface area (Å²) in [6.45, 7) is 3.56. The number of benzene rings is 1. The average Bonchev–Trinajstić information content (AvgIpc) is 2.66. The van der Waals surface area contributed by atoms with Crippen molar-refractivity contribution in [3.63, 3.8) is 0 Å². The van der Waals surface area contributed by atoms with Crippen LogP contribution in [0.25, 0.3) is 0 Å². The number of alkyl halides is 2. The minimum absolute atomic E-state index is 0.00322. The third kappa shape index (κ3) is 7.62. The van der Waals surface area contributed by atoms with Gasteiger partial charge in [-0.15, -0.1) is 0 Å². The highest BCUT2D eigenvalue weighted by Crippen LogP contribution is 2.15. The van der Waals surface area contributed by atoms with Gasteiger partial charge in [0.25, 0.3) is 6.43 Å². The van der Waals surface area contributed by atoms with E-state index in [4.69, 9.17) is 4.74 Å². The molecule has 0 unspecified atom stereocenters. The number of piperidine rings is 1. The van der Waals surface area contributed by atoms with Crippen LogP contribution in [0.3, 0.4) is 0 Å². The first-order valence-corrected chi connectivity index (χ1v) is 9.54. The van der Waals surface area contributed by atoms with E-state index >= 15 is 0 Å². The quantitative estimate of drug-likeness (QED) is 0.631. The molecule has 7 heteroatoms. The minimum Gasteiger partial charge on any atom is -0.494 e. The van der Waals surface area contributed by atoms with Gasteiger partial charge >= 0.3 is 0 Å². The smallest absolute Gasteiger partial charge is 0.251 e. The van der Waals surface area contributed by atoms with Crippen molar-refractivity contribution in [2.45, 2.75) is 51.5 Å². The fraction of sp³-hybridized carbons (Fsp3) is 0.600. The number of ether oxygens (including phenoxy) is 1. The van der Waals surface area contributed by atoms with Crippen LogP contribution < -0.4 is 10.1 Å². The summed E-state index contributed by atoms with van der Waals surface area (Å²) in [5.41, 5.74) is 0.562. The number of amides is 1. The molecular weight excluding hydrogens is 354 g/mol. The number of carbonyl (C=O) groups excluding carboxylic acids is 2. The Balaban J connectivity index is 1.68. The zero-order valence-corrected chi connectivity index (χ0v) is 15.8. The lowest BCUT2D eigenvalue weighted by Gasteiger charge is -2.32. The summed E-state index contributed by atoms with van der Waals surface area (Å²) in [4.78, 5) is 26.0. The predicted octanol–water partition coefficient (Wildman–Crippen LogP) is 3.28. The fourth-order valence-corrected chi connectivity index (χ4v) is 3.08. The molecule has 1 fully saturated rings. The number of hydrogen-bond acceptors (Lipinski definition) is 4. The normalized spacial score (nSPS) is 15.7. The highest BCUT2D eigenvalue weighted by molar-refractivity contribution is 5.98. The van der Waals surface area contributed by atoms with Crippen molar-refractivity contribution >= 4 is 11.7 Å². The zero-order chi connectivity index (χ0) is 19.6. The largest absolute Gasteiger partial charge is 0.494 e. The molecule has 0 aliphatic carbocycles. The molecule has 150 valence electrons. The molecule has 1 aliphatic rings. The Morgan fingerprint density at radius 3 is 2.44 bits per heavy atom. The maximum atomic E-state index is 12.4. The maximum absolute atomic E-state index is 12.4. The van der Waals surface area contributed by atoms with E-state index in [1.807, 2.05) is 6.92 Å². The second-order valence-electron chi connectivity index (χ2n) is 6.83. The third-order valence-corrected chi connectivity index (χ3v) is 4.58. The van der Waals surface area contributed by atoms with E-state index in [0.717, 1.165) is 12.2 Å². The Labute approximate surface area is 159 Å². The van der Waals surface area contributed by atoms with Gasteiger partial charge in [-0.2, -0.15) is 0 Å². The summed E-state index contributed by atoms with van der Waals surface area (Å²) in [6, 6.07) is 6.94. The van der Waals surface area contributed by atoms with Crippen LogP contribution in [0.1, 0.15) is 49.4 Å². The lowest BCUT2D eigenvalue weighted by atomic mass is 10.0. The van der Waals surface area contributed by atoms with Gasteiger partial charge in [-0.25, -0.2) is 8.78 Å². The van der Waals surface area contributed by atoms with E-state index < -0.39 is 6.43 Å². The van der Waals surface area contributed by atoms with Crippen LogP contribution in [0.4, 0.5) is 8.78 Å². The fourth-order valence-electron chi connectivity index (χ4n) is 3.08. The second kappa shape index (κ2) is 11.0. The molecule has 1 aromatic rings. The van der Waals surface area contributed by atoms with E-state index in [1.165, 1.54) is 0 Å². The molecule has 0 radical (unpaired) electrons. The monoisotopic (exact) mass is 382 g/mol. The van der Waals surface area contributed by atoms with Crippen molar-refractivity contribution in [3.8, 4) is 5.75 Å². The number of hydrogen-bond donors (Lipinski definition) is 1. The van der Waals surface area contributed by atoms with Crippen LogP contribution in [-0.2, 0) is 4.79 Å².